The Morgan fingerprint density at radius 2 is 2.21 bits per heavy atom. The Morgan fingerprint density at radius 3 is 2.93 bits per heavy atom. The van der Waals surface area contributed by atoms with Crippen LogP contribution >= 0.6 is 11.3 Å². The monoisotopic (exact) mass is 401 g/mol. The zero-order valence-electron chi connectivity index (χ0n) is 17.0. The molecule has 6 nitrogen and oxygen atoms in total. The second-order valence-electron chi connectivity index (χ2n) is 7.88. The Morgan fingerprint density at radius 1 is 1.43 bits per heavy atom. The van der Waals surface area contributed by atoms with Crippen LogP contribution in [0, 0.1) is 17.8 Å². The molecule has 2 aromatic rings. The first-order valence-corrected chi connectivity index (χ1v) is 10.3. The topological polar surface area (TPSA) is 72.5 Å². The fourth-order valence-electron chi connectivity index (χ4n) is 3.02. The lowest BCUT2D eigenvalue weighted by molar-refractivity contribution is 0.0520. The normalized spacial score (nSPS) is 15.0. The number of rotatable bonds is 5. The number of nitrogens with zero attached hydrogens (tertiary/aromatic N) is 1. The van der Waals surface area contributed by atoms with Crippen LogP contribution < -0.4 is 15.4 Å². The number of anilines is 1. The molecule has 0 saturated carbocycles. The number of hydrogen-bond donors (Lipinski definition) is 2. The number of fused-ring (bicyclic) bond motifs is 3. The molecule has 150 valence electrons. The number of alkyl carbamates (subject to hydrolysis) is 1. The van der Waals surface area contributed by atoms with Crippen LogP contribution in [0.2, 0.25) is 0 Å². The van der Waals surface area contributed by atoms with Crippen LogP contribution in [0.1, 0.15) is 40.2 Å². The summed E-state index contributed by atoms with van der Waals surface area (Å²) in [6, 6.07) is 3.93. The lowest BCUT2D eigenvalue weighted by atomic mass is 10.0. The van der Waals surface area contributed by atoms with Gasteiger partial charge in [0.15, 0.2) is 5.13 Å². The quantitative estimate of drug-likeness (QED) is 0.735. The summed E-state index contributed by atoms with van der Waals surface area (Å²) >= 11 is 1.61. The molecule has 0 radical (unpaired) electrons. The third-order valence-corrected chi connectivity index (χ3v) is 5.30. The highest BCUT2D eigenvalue weighted by molar-refractivity contribution is 7.22. The molecule has 0 aliphatic carbocycles. The maximum Gasteiger partial charge on any atom is 0.407 e. The van der Waals surface area contributed by atoms with Gasteiger partial charge in [0.05, 0.1) is 22.9 Å². The molecular formula is C21H27N3O3S. The SMILES string of the molecule is CC#CC(Nc1nc2c3c(ccc2s1)OCC3)C(C)CNC(=O)OC(C)(C)C. The number of aromatic nitrogens is 1. The Balaban J connectivity index is 1.68. The average Bonchev–Trinajstić information content (AvgIpc) is 3.23. The van der Waals surface area contributed by atoms with Crippen LogP contribution in [-0.2, 0) is 11.2 Å². The standard InChI is InChI=1S/C21H27N3O3S/c1-6-7-15(13(2)12-22-20(25)27-21(3,4)5)23-19-24-18-14-10-11-26-16(14)8-9-17(18)28-19/h8-9,13,15H,10-12H2,1-5H3,(H,22,25)(H,23,24). The molecule has 0 saturated heterocycles. The van der Waals surface area contributed by atoms with Gasteiger partial charge >= 0.3 is 6.09 Å². The van der Waals surface area contributed by atoms with Crippen molar-refractivity contribution in [3.05, 3.63) is 17.7 Å². The first-order chi connectivity index (χ1) is 13.3. The fraction of sp³-hybridized carbons (Fsp3) is 0.524. The summed E-state index contributed by atoms with van der Waals surface area (Å²) in [6.45, 7) is 10.6. The zero-order valence-corrected chi connectivity index (χ0v) is 17.8. The fourth-order valence-corrected chi connectivity index (χ4v) is 3.95. The second kappa shape index (κ2) is 8.27. The lowest BCUT2D eigenvalue weighted by Gasteiger charge is -2.23. The van der Waals surface area contributed by atoms with Gasteiger partial charge in [0.2, 0.25) is 0 Å². The van der Waals surface area contributed by atoms with Gasteiger partial charge in [0, 0.05) is 24.4 Å². The molecule has 2 N–H and O–H groups in total. The van der Waals surface area contributed by atoms with E-state index < -0.39 is 11.7 Å². The smallest absolute Gasteiger partial charge is 0.407 e. The number of nitrogens with one attached hydrogen (secondary N) is 2. The highest BCUT2D eigenvalue weighted by Gasteiger charge is 2.22. The van der Waals surface area contributed by atoms with Gasteiger partial charge in [-0.25, -0.2) is 9.78 Å². The van der Waals surface area contributed by atoms with E-state index in [1.165, 1.54) is 5.56 Å². The minimum absolute atomic E-state index is 0.0704. The first-order valence-electron chi connectivity index (χ1n) is 9.47. The van der Waals surface area contributed by atoms with Crippen molar-refractivity contribution in [3.63, 3.8) is 0 Å². The van der Waals surface area contributed by atoms with Gasteiger partial charge in [-0.05, 0) is 39.8 Å². The number of hydrogen-bond acceptors (Lipinski definition) is 6. The Labute approximate surface area is 170 Å². The van der Waals surface area contributed by atoms with E-state index in [9.17, 15) is 4.79 Å². The minimum atomic E-state index is -0.515. The molecule has 2 heterocycles. The zero-order chi connectivity index (χ0) is 20.3. The van der Waals surface area contributed by atoms with E-state index in [1.807, 2.05) is 40.7 Å². The molecule has 2 unspecified atom stereocenters. The summed E-state index contributed by atoms with van der Waals surface area (Å²) in [7, 11) is 0. The van der Waals surface area contributed by atoms with Crippen molar-refractivity contribution in [3.8, 4) is 17.6 Å². The number of carbonyl (C=O) groups is 1. The predicted molar refractivity (Wildman–Crippen MR) is 113 cm³/mol. The van der Waals surface area contributed by atoms with Crippen molar-refractivity contribution >= 4 is 32.8 Å². The Kier molecular flexibility index (Phi) is 5.99. The maximum atomic E-state index is 11.9. The summed E-state index contributed by atoms with van der Waals surface area (Å²) in [5.74, 6) is 7.16. The highest BCUT2D eigenvalue weighted by Crippen LogP contribution is 2.36. The van der Waals surface area contributed by atoms with E-state index in [2.05, 4.69) is 28.5 Å². The molecule has 1 amide bonds. The molecule has 0 spiro atoms. The van der Waals surface area contributed by atoms with Gasteiger partial charge in [-0.15, -0.1) is 5.92 Å². The van der Waals surface area contributed by atoms with E-state index >= 15 is 0 Å². The molecular weight excluding hydrogens is 374 g/mol. The van der Waals surface area contributed by atoms with Crippen molar-refractivity contribution in [1.82, 2.24) is 10.3 Å². The third-order valence-electron chi connectivity index (χ3n) is 4.35. The van der Waals surface area contributed by atoms with E-state index in [0.29, 0.717) is 13.2 Å². The lowest BCUT2D eigenvalue weighted by Crippen LogP contribution is -2.39. The molecule has 0 fully saturated rings. The van der Waals surface area contributed by atoms with E-state index in [1.54, 1.807) is 11.3 Å². The van der Waals surface area contributed by atoms with Crippen molar-refractivity contribution in [2.45, 2.75) is 52.7 Å². The third kappa shape index (κ3) is 4.87. The largest absolute Gasteiger partial charge is 0.493 e. The molecule has 7 heteroatoms. The predicted octanol–water partition coefficient (Wildman–Crippen LogP) is 4.20. The summed E-state index contributed by atoms with van der Waals surface area (Å²) in [4.78, 5) is 16.7. The van der Waals surface area contributed by atoms with Crippen molar-refractivity contribution in [1.29, 1.82) is 0 Å². The minimum Gasteiger partial charge on any atom is -0.493 e. The van der Waals surface area contributed by atoms with Gasteiger partial charge in [0.1, 0.15) is 11.4 Å². The molecule has 28 heavy (non-hydrogen) atoms. The number of benzene rings is 1. The molecule has 1 aromatic carbocycles. The molecule has 0 bridgehead atoms. The summed E-state index contributed by atoms with van der Waals surface area (Å²) in [5, 5.41) is 7.08. The van der Waals surface area contributed by atoms with Crippen LogP contribution in [0.25, 0.3) is 10.2 Å². The van der Waals surface area contributed by atoms with E-state index in [0.717, 1.165) is 27.5 Å². The van der Waals surface area contributed by atoms with Gasteiger partial charge < -0.3 is 20.1 Å². The van der Waals surface area contributed by atoms with Crippen molar-refractivity contribution in [2.75, 3.05) is 18.5 Å². The second-order valence-corrected chi connectivity index (χ2v) is 8.91. The van der Waals surface area contributed by atoms with Gasteiger partial charge in [-0.1, -0.05) is 24.2 Å². The highest BCUT2D eigenvalue weighted by atomic mass is 32.1. The summed E-state index contributed by atoms with van der Waals surface area (Å²) < 4.78 is 12.1. The average molecular weight is 402 g/mol. The van der Waals surface area contributed by atoms with Crippen LogP contribution in [0.3, 0.4) is 0 Å². The van der Waals surface area contributed by atoms with Gasteiger partial charge in [-0.3, -0.25) is 0 Å². The van der Waals surface area contributed by atoms with Crippen LogP contribution in [0.5, 0.6) is 5.75 Å². The number of amides is 1. The van der Waals surface area contributed by atoms with Crippen LogP contribution in [-0.4, -0.2) is 35.9 Å². The molecule has 1 aliphatic heterocycles. The number of carbonyl (C=O) groups excluding carboxylic acids is 1. The first kappa shape index (κ1) is 20.3. The summed E-state index contributed by atoms with van der Waals surface area (Å²) in [5.41, 5.74) is 1.67. The summed E-state index contributed by atoms with van der Waals surface area (Å²) in [6.07, 6.45) is 0.475. The van der Waals surface area contributed by atoms with E-state index in [-0.39, 0.29) is 12.0 Å². The number of ether oxygens (including phenoxy) is 2. The number of thiazole rings is 1. The van der Waals surface area contributed by atoms with E-state index in [4.69, 9.17) is 14.5 Å². The molecule has 3 rings (SSSR count). The van der Waals surface area contributed by atoms with Crippen LogP contribution in [0.4, 0.5) is 9.93 Å². The maximum absolute atomic E-state index is 11.9. The molecule has 1 aliphatic rings. The van der Waals surface area contributed by atoms with Crippen molar-refractivity contribution in [2.24, 2.45) is 5.92 Å². The van der Waals surface area contributed by atoms with Gasteiger partial charge in [0.25, 0.3) is 0 Å². The van der Waals surface area contributed by atoms with Crippen molar-refractivity contribution < 1.29 is 14.3 Å². The van der Waals surface area contributed by atoms with Gasteiger partial charge in [-0.2, -0.15) is 0 Å². The Bertz CT molecular complexity index is 921. The molecule has 2 atom stereocenters. The Hall–Kier alpha value is -2.46. The molecule has 1 aromatic heterocycles. The van der Waals surface area contributed by atoms with Crippen LogP contribution in [0.15, 0.2) is 12.1 Å².